The van der Waals surface area contributed by atoms with E-state index in [1.807, 2.05) is 36.4 Å². The molecule has 1 aliphatic heterocycles. The fourth-order valence-corrected chi connectivity index (χ4v) is 4.55. The zero-order chi connectivity index (χ0) is 25.2. The van der Waals surface area contributed by atoms with Crippen LogP contribution in [0.2, 0.25) is 18.1 Å². The molecule has 6 heteroatoms. The molecule has 0 bridgehead atoms. The minimum Gasteiger partial charge on any atom is -0.497 e. The van der Waals surface area contributed by atoms with Gasteiger partial charge in [0.05, 0.1) is 32.5 Å². The second-order valence-electron chi connectivity index (χ2n) is 10.3. The molecule has 0 amide bonds. The van der Waals surface area contributed by atoms with Crippen molar-refractivity contribution in [3.63, 3.8) is 0 Å². The Morgan fingerprint density at radius 2 is 1.85 bits per heavy atom. The van der Waals surface area contributed by atoms with Crippen LogP contribution in [0.5, 0.6) is 5.75 Å². The number of hydrogen-bond acceptors (Lipinski definition) is 5. The summed E-state index contributed by atoms with van der Waals surface area (Å²) >= 11 is 0. The second kappa shape index (κ2) is 13.2. The van der Waals surface area contributed by atoms with E-state index in [1.54, 1.807) is 7.11 Å². The highest BCUT2D eigenvalue weighted by molar-refractivity contribution is 6.74. The first-order valence-corrected chi connectivity index (χ1v) is 14.9. The van der Waals surface area contributed by atoms with E-state index in [1.165, 1.54) is 5.57 Å². The van der Waals surface area contributed by atoms with Gasteiger partial charge < -0.3 is 23.4 Å². The number of carbonyl (C=O) groups is 1. The maximum Gasteiger partial charge on any atom is 0.193 e. The monoisotopic (exact) mass is 486 g/mol. The molecule has 0 N–H and O–H groups in total. The molecule has 0 saturated carbocycles. The van der Waals surface area contributed by atoms with Crippen LogP contribution in [-0.4, -0.2) is 46.6 Å². The van der Waals surface area contributed by atoms with E-state index in [0.29, 0.717) is 19.6 Å². The molecular weight excluding hydrogens is 444 g/mol. The molecule has 0 spiro atoms. The Morgan fingerprint density at radius 1 is 1.15 bits per heavy atom. The van der Waals surface area contributed by atoms with Crippen LogP contribution < -0.4 is 4.74 Å². The predicted octanol–water partition coefficient (Wildman–Crippen LogP) is 6.41. The van der Waals surface area contributed by atoms with Crippen LogP contribution in [0.15, 0.2) is 60.2 Å². The summed E-state index contributed by atoms with van der Waals surface area (Å²) < 4.78 is 24.4. The highest BCUT2D eigenvalue weighted by atomic mass is 28.4. The maximum absolute atomic E-state index is 11.0. The Morgan fingerprint density at radius 3 is 2.44 bits per heavy atom. The van der Waals surface area contributed by atoms with Crippen molar-refractivity contribution >= 4 is 14.6 Å². The number of benzene rings is 1. The zero-order valence-corrected chi connectivity index (χ0v) is 22.9. The molecule has 0 radical (unpaired) electrons. The smallest absolute Gasteiger partial charge is 0.193 e. The first kappa shape index (κ1) is 28.2. The number of rotatable bonds is 12. The van der Waals surface area contributed by atoms with Gasteiger partial charge in [0.1, 0.15) is 18.1 Å². The third-order valence-corrected chi connectivity index (χ3v) is 11.0. The van der Waals surface area contributed by atoms with Crippen molar-refractivity contribution in [2.24, 2.45) is 0 Å². The molecule has 5 nitrogen and oxygen atoms in total. The fraction of sp³-hybridized carbons (Fsp3) is 0.536. The van der Waals surface area contributed by atoms with Gasteiger partial charge in [-0.2, -0.15) is 0 Å². The second-order valence-corrected chi connectivity index (χ2v) is 15.1. The highest BCUT2D eigenvalue weighted by Crippen LogP contribution is 2.38. The lowest BCUT2D eigenvalue weighted by Crippen LogP contribution is -2.46. The molecule has 188 valence electrons. The SMILES string of the molecule is COc1ccc(CO[C@@H](C=CCC=O)[C@H](C=C[C@@H]2CC(C)=CCO2)O[Si](C)(C)C(C)(C)C)cc1. The van der Waals surface area contributed by atoms with Crippen LogP contribution >= 0.6 is 0 Å². The van der Waals surface area contributed by atoms with Crippen molar-refractivity contribution in [2.45, 2.75) is 83.6 Å². The molecule has 0 saturated heterocycles. The van der Waals surface area contributed by atoms with Gasteiger partial charge in [0.15, 0.2) is 8.32 Å². The Balaban J connectivity index is 2.28. The van der Waals surface area contributed by atoms with E-state index in [4.69, 9.17) is 18.6 Å². The number of ether oxygens (including phenoxy) is 3. The molecule has 3 atom stereocenters. The van der Waals surface area contributed by atoms with Gasteiger partial charge in [-0.15, -0.1) is 0 Å². The van der Waals surface area contributed by atoms with E-state index in [-0.39, 0.29) is 23.4 Å². The van der Waals surface area contributed by atoms with E-state index in [2.05, 4.69) is 59.0 Å². The summed E-state index contributed by atoms with van der Waals surface area (Å²) in [5.41, 5.74) is 2.38. The Hall–Kier alpha value is -1.99. The third-order valence-electron chi connectivity index (χ3n) is 6.50. The minimum absolute atomic E-state index is 0.0247. The van der Waals surface area contributed by atoms with Crippen molar-refractivity contribution in [1.29, 1.82) is 0 Å². The Bertz CT molecular complexity index is 849. The number of methoxy groups -OCH3 is 1. The number of carbonyl (C=O) groups excluding carboxylic acids is 1. The van der Waals surface area contributed by atoms with Gasteiger partial charge in [-0.25, -0.2) is 0 Å². The third kappa shape index (κ3) is 8.99. The molecule has 0 aliphatic carbocycles. The van der Waals surface area contributed by atoms with Gasteiger partial charge >= 0.3 is 0 Å². The normalized spacial score (nSPS) is 19.3. The van der Waals surface area contributed by atoms with Gasteiger partial charge in [-0.3, -0.25) is 0 Å². The van der Waals surface area contributed by atoms with Crippen molar-refractivity contribution in [2.75, 3.05) is 13.7 Å². The van der Waals surface area contributed by atoms with Crippen molar-refractivity contribution in [3.8, 4) is 5.75 Å². The van der Waals surface area contributed by atoms with Crippen LogP contribution in [0.4, 0.5) is 0 Å². The van der Waals surface area contributed by atoms with Gasteiger partial charge in [-0.1, -0.05) is 68.9 Å². The molecule has 1 aromatic carbocycles. The molecule has 1 heterocycles. The number of allylic oxidation sites excluding steroid dienone is 1. The average Bonchev–Trinajstić information content (AvgIpc) is 2.78. The van der Waals surface area contributed by atoms with Crippen molar-refractivity contribution < 1.29 is 23.4 Å². The molecule has 1 aromatic rings. The summed E-state index contributed by atoms with van der Waals surface area (Å²) in [5.74, 6) is 0.810. The van der Waals surface area contributed by atoms with Crippen LogP contribution in [0, 0.1) is 0 Å². The van der Waals surface area contributed by atoms with Crippen molar-refractivity contribution in [3.05, 3.63) is 65.8 Å². The molecule has 0 fully saturated rings. The van der Waals surface area contributed by atoms with Crippen LogP contribution in [0.25, 0.3) is 0 Å². The standard InChI is InChI=1S/C28H42O5Si/c1-22-17-19-31-25(20-22)15-16-27(33-34(6,7)28(2,3)4)26(10-8-9-18-29)32-21-23-11-13-24(30-5)14-12-23/h8,10-18,25-27H,9,19-21H2,1-7H3/t25-,26+,27+/m1/s1. The number of hydrogen-bond donors (Lipinski definition) is 0. The highest BCUT2D eigenvalue weighted by Gasteiger charge is 2.40. The topological polar surface area (TPSA) is 54.0 Å². The lowest BCUT2D eigenvalue weighted by molar-refractivity contribution is -0.107. The fourth-order valence-electron chi connectivity index (χ4n) is 3.31. The van der Waals surface area contributed by atoms with E-state index < -0.39 is 8.32 Å². The molecule has 0 unspecified atom stereocenters. The Kier molecular flexibility index (Phi) is 11.0. The molecule has 1 aliphatic rings. The van der Waals surface area contributed by atoms with Crippen LogP contribution in [-0.2, 0) is 25.3 Å². The molecular formula is C28H42O5Si. The van der Waals surface area contributed by atoms with Gasteiger partial charge in [0.2, 0.25) is 0 Å². The largest absolute Gasteiger partial charge is 0.497 e. The lowest BCUT2D eigenvalue weighted by Gasteiger charge is -2.40. The van der Waals surface area contributed by atoms with Crippen molar-refractivity contribution in [1.82, 2.24) is 0 Å². The lowest BCUT2D eigenvalue weighted by atomic mass is 10.1. The first-order valence-electron chi connectivity index (χ1n) is 12.0. The minimum atomic E-state index is -2.10. The number of aldehydes is 1. The predicted molar refractivity (Wildman–Crippen MR) is 141 cm³/mol. The van der Waals surface area contributed by atoms with E-state index in [9.17, 15) is 4.79 Å². The molecule has 34 heavy (non-hydrogen) atoms. The van der Waals surface area contributed by atoms with Crippen LogP contribution in [0.1, 0.15) is 46.1 Å². The summed E-state index contributed by atoms with van der Waals surface area (Å²) in [6, 6.07) is 7.84. The maximum atomic E-state index is 11.0. The summed E-state index contributed by atoms with van der Waals surface area (Å²) in [6.07, 6.45) is 11.6. The van der Waals surface area contributed by atoms with Gasteiger partial charge in [-0.05, 0) is 49.2 Å². The Labute approximate surface area is 207 Å². The van der Waals surface area contributed by atoms with Crippen LogP contribution in [0.3, 0.4) is 0 Å². The summed E-state index contributed by atoms with van der Waals surface area (Å²) in [5, 5.41) is 0.0484. The zero-order valence-electron chi connectivity index (χ0n) is 21.9. The van der Waals surface area contributed by atoms with Gasteiger partial charge in [0.25, 0.3) is 0 Å². The van der Waals surface area contributed by atoms with Gasteiger partial charge in [0, 0.05) is 6.42 Å². The molecule has 0 aromatic heterocycles. The molecule has 2 rings (SSSR count). The summed E-state index contributed by atoms with van der Waals surface area (Å²) in [7, 11) is -0.448. The van der Waals surface area contributed by atoms with E-state index >= 15 is 0 Å². The average molecular weight is 487 g/mol. The summed E-state index contributed by atoms with van der Waals surface area (Å²) in [4.78, 5) is 11.0. The first-order chi connectivity index (χ1) is 16.1. The quantitative estimate of drug-likeness (QED) is 0.194. The van der Waals surface area contributed by atoms with E-state index in [0.717, 1.165) is 24.0 Å². The summed E-state index contributed by atoms with van der Waals surface area (Å²) in [6.45, 7) is 14.4.